The molecular weight excluding hydrogens is 266 g/mol. The highest BCUT2D eigenvalue weighted by atomic mass is 16.2. The number of amides is 2. The molecule has 0 heterocycles. The third-order valence-electron chi connectivity index (χ3n) is 3.12. The van der Waals surface area contributed by atoms with Crippen molar-refractivity contribution in [1.29, 1.82) is 0 Å². The highest BCUT2D eigenvalue weighted by molar-refractivity contribution is 5.90. The van der Waals surface area contributed by atoms with Crippen molar-refractivity contribution >= 4 is 23.2 Å². The van der Waals surface area contributed by atoms with Gasteiger partial charge in [-0.1, -0.05) is 13.8 Å². The van der Waals surface area contributed by atoms with Gasteiger partial charge in [0.05, 0.1) is 6.54 Å². The Morgan fingerprint density at radius 1 is 1.05 bits per heavy atom. The minimum atomic E-state index is -0.0234. The first kappa shape index (κ1) is 17.0. The van der Waals surface area contributed by atoms with E-state index in [4.69, 9.17) is 0 Å². The molecular formula is C16H25N3O2. The van der Waals surface area contributed by atoms with E-state index in [9.17, 15) is 9.59 Å². The lowest BCUT2D eigenvalue weighted by Crippen LogP contribution is -2.36. The molecule has 0 aliphatic carbocycles. The molecule has 0 saturated carbocycles. The van der Waals surface area contributed by atoms with Gasteiger partial charge in [-0.25, -0.2) is 0 Å². The number of carbonyl (C=O) groups excluding carboxylic acids is 2. The lowest BCUT2D eigenvalue weighted by atomic mass is 10.2. The number of anilines is 2. The van der Waals surface area contributed by atoms with E-state index in [0.29, 0.717) is 6.42 Å². The highest BCUT2D eigenvalue weighted by Gasteiger charge is 2.05. The summed E-state index contributed by atoms with van der Waals surface area (Å²) in [5, 5.41) is 8.77. The average Bonchev–Trinajstić information content (AvgIpc) is 2.46. The number of hydrogen-bond donors (Lipinski definition) is 3. The lowest BCUT2D eigenvalue weighted by Gasteiger charge is -2.12. The second kappa shape index (κ2) is 9.00. The molecule has 1 rings (SSSR count). The van der Waals surface area contributed by atoms with Gasteiger partial charge in [0, 0.05) is 23.8 Å². The van der Waals surface area contributed by atoms with Crippen LogP contribution in [0.1, 0.15) is 40.0 Å². The van der Waals surface area contributed by atoms with Gasteiger partial charge in [-0.2, -0.15) is 0 Å². The van der Waals surface area contributed by atoms with E-state index in [0.717, 1.165) is 24.2 Å². The summed E-state index contributed by atoms with van der Waals surface area (Å²) in [6.45, 7) is 6.22. The molecule has 3 N–H and O–H groups in total. The second-order valence-electron chi connectivity index (χ2n) is 5.11. The van der Waals surface area contributed by atoms with Crippen LogP contribution in [-0.2, 0) is 9.59 Å². The fraction of sp³-hybridized carbons (Fsp3) is 0.500. The maximum atomic E-state index is 11.6. The van der Waals surface area contributed by atoms with E-state index in [1.807, 2.05) is 45.0 Å². The molecule has 0 aliphatic rings. The number of carbonyl (C=O) groups is 2. The third kappa shape index (κ3) is 6.79. The van der Waals surface area contributed by atoms with Crippen molar-refractivity contribution in [3.8, 4) is 0 Å². The van der Waals surface area contributed by atoms with Crippen molar-refractivity contribution < 1.29 is 9.59 Å². The van der Waals surface area contributed by atoms with Crippen LogP contribution < -0.4 is 16.0 Å². The highest BCUT2D eigenvalue weighted by Crippen LogP contribution is 2.13. The minimum Gasteiger partial charge on any atom is -0.376 e. The molecule has 5 heteroatoms. The standard InChI is InChI=1S/C16H25N3O2/c1-4-6-15(20)19-14-9-7-13(8-10-14)17-11-16(21)18-12(3)5-2/h7-10,12,17H,4-6,11H2,1-3H3,(H,18,21)(H,19,20). The summed E-state index contributed by atoms with van der Waals surface area (Å²) in [6.07, 6.45) is 2.27. The molecule has 1 aromatic rings. The summed E-state index contributed by atoms with van der Waals surface area (Å²) in [7, 11) is 0. The average molecular weight is 291 g/mol. The summed E-state index contributed by atoms with van der Waals surface area (Å²) in [6, 6.07) is 7.52. The van der Waals surface area contributed by atoms with Gasteiger partial charge in [-0.3, -0.25) is 9.59 Å². The van der Waals surface area contributed by atoms with Gasteiger partial charge in [0.15, 0.2) is 0 Å². The van der Waals surface area contributed by atoms with Crippen molar-refractivity contribution in [2.24, 2.45) is 0 Å². The smallest absolute Gasteiger partial charge is 0.239 e. The van der Waals surface area contributed by atoms with Crippen LogP contribution in [0.5, 0.6) is 0 Å². The van der Waals surface area contributed by atoms with Gasteiger partial charge in [0.1, 0.15) is 0 Å². The summed E-state index contributed by atoms with van der Waals surface area (Å²) >= 11 is 0. The first-order valence-electron chi connectivity index (χ1n) is 7.48. The molecule has 0 fully saturated rings. The molecule has 5 nitrogen and oxygen atoms in total. The Labute approximate surface area is 126 Å². The third-order valence-corrected chi connectivity index (χ3v) is 3.12. The van der Waals surface area contributed by atoms with Crippen molar-refractivity contribution in [3.63, 3.8) is 0 Å². The predicted molar refractivity (Wildman–Crippen MR) is 86.4 cm³/mol. The van der Waals surface area contributed by atoms with Crippen LogP contribution in [0.15, 0.2) is 24.3 Å². The molecule has 1 atom stereocenters. The van der Waals surface area contributed by atoms with E-state index >= 15 is 0 Å². The van der Waals surface area contributed by atoms with Gasteiger partial charge in [0.2, 0.25) is 11.8 Å². The number of nitrogens with one attached hydrogen (secondary N) is 3. The van der Waals surface area contributed by atoms with E-state index in [1.54, 1.807) is 0 Å². The van der Waals surface area contributed by atoms with Crippen LogP contribution in [0.25, 0.3) is 0 Å². The van der Waals surface area contributed by atoms with E-state index in [2.05, 4.69) is 16.0 Å². The van der Waals surface area contributed by atoms with Crippen LogP contribution >= 0.6 is 0 Å². The first-order valence-corrected chi connectivity index (χ1v) is 7.48. The van der Waals surface area contributed by atoms with Crippen molar-refractivity contribution in [2.45, 2.75) is 46.1 Å². The van der Waals surface area contributed by atoms with Gasteiger partial charge < -0.3 is 16.0 Å². The Kier molecular flexibility index (Phi) is 7.29. The van der Waals surface area contributed by atoms with Crippen LogP contribution in [-0.4, -0.2) is 24.4 Å². The molecule has 0 radical (unpaired) electrons. The second-order valence-corrected chi connectivity index (χ2v) is 5.11. The van der Waals surface area contributed by atoms with Gasteiger partial charge in [-0.15, -0.1) is 0 Å². The zero-order chi connectivity index (χ0) is 15.7. The molecule has 1 aromatic carbocycles. The number of rotatable bonds is 8. The molecule has 0 spiro atoms. The predicted octanol–water partition coefficient (Wildman–Crippen LogP) is 2.75. The Morgan fingerprint density at radius 2 is 1.67 bits per heavy atom. The number of benzene rings is 1. The van der Waals surface area contributed by atoms with Gasteiger partial charge in [0.25, 0.3) is 0 Å². The molecule has 0 saturated heterocycles. The van der Waals surface area contributed by atoms with Crippen LogP contribution in [0.4, 0.5) is 11.4 Å². The summed E-state index contributed by atoms with van der Waals surface area (Å²) in [4.78, 5) is 23.1. The van der Waals surface area contributed by atoms with Gasteiger partial charge >= 0.3 is 0 Å². The quantitative estimate of drug-likeness (QED) is 0.689. The van der Waals surface area contributed by atoms with E-state index < -0.39 is 0 Å². The van der Waals surface area contributed by atoms with E-state index in [-0.39, 0.29) is 24.4 Å². The van der Waals surface area contributed by atoms with Gasteiger partial charge in [-0.05, 0) is 44.0 Å². The summed E-state index contributed by atoms with van der Waals surface area (Å²) < 4.78 is 0. The zero-order valence-corrected chi connectivity index (χ0v) is 13.0. The van der Waals surface area contributed by atoms with Crippen molar-refractivity contribution in [2.75, 3.05) is 17.2 Å². The first-order chi connectivity index (χ1) is 10.0. The monoisotopic (exact) mass is 291 g/mol. The SMILES string of the molecule is CCCC(=O)Nc1ccc(NCC(=O)NC(C)CC)cc1. The molecule has 21 heavy (non-hydrogen) atoms. The molecule has 1 unspecified atom stereocenters. The fourth-order valence-electron chi connectivity index (χ4n) is 1.73. The Balaban J connectivity index is 2.40. The van der Waals surface area contributed by atoms with E-state index in [1.165, 1.54) is 0 Å². The minimum absolute atomic E-state index is 0.0196. The molecule has 0 aromatic heterocycles. The molecule has 0 aliphatic heterocycles. The normalized spacial score (nSPS) is 11.6. The van der Waals surface area contributed by atoms with Crippen LogP contribution in [0.3, 0.4) is 0 Å². The fourth-order valence-corrected chi connectivity index (χ4v) is 1.73. The zero-order valence-electron chi connectivity index (χ0n) is 13.0. The Bertz CT molecular complexity index is 457. The topological polar surface area (TPSA) is 70.2 Å². The molecule has 2 amide bonds. The maximum Gasteiger partial charge on any atom is 0.239 e. The van der Waals surface area contributed by atoms with Crippen molar-refractivity contribution in [1.82, 2.24) is 5.32 Å². The van der Waals surface area contributed by atoms with Crippen LogP contribution in [0, 0.1) is 0 Å². The summed E-state index contributed by atoms with van der Waals surface area (Å²) in [5.41, 5.74) is 1.62. The summed E-state index contributed by atoms with van der Waals surface area (Å²) in [5.74, 6) is -0.00387. The van der Waals surface area contributed by atoms with Crippen LogP contribution in [0.2, 0.25) is 0 Å². The maximum absolute atomic E-state index is 11.6. The molecule has 116 valence electrons. The Morgan fingerprint density at radius 3 is 2.24 bits per heavy atom. The largest absolute Gasteiger partial charge is 0.376 e. The Hall–Kier alpha value is -2.04. The van der Waals surface area contributed by atoms with Crippen molar-refractivity contribution in [3.05, 3.63) is 24.3 Å². The lowest BCUT2D eigenvalue weighted by molar-refractivity contribution is -0.120. The molecule has 0 bridgehead atoms. The number of hydrogen-bond acceptors (Lipinski definition) is 3.